The van der Waals surface area contributed by atoms with Gasteiger partial charge < -0.3 is 5.32 Å². The number of halogens is 1. The first-order chi connectivity index (χ1) is 11.8. The van der Waals surface area contributed by atoms with Gasteiger partial charge in [0.25, 0.3) is 0 Å². The number of thiophene rings is 1. The fraction of sp³-hybridized carbons (Fsp3) is 0.0526. The molecule has 2 aromatic heterocycles. The molecule has 0 spiro atoms. The molecule has 0 radical (unpaired) electrons. The van der Waals surface area contributed by atoms with E-state index in [-0.39, 0.29) is 0 Å². The molecule has 2 aromatic carbocycles. The van der Waals surface area contributed by atoms with Crippen LogP contribution in [0.15, 0.2) is 67.0 Å². The van der Waals surface area contributed by atoms with Crippen molar-refractivity contribution < 1.29 is 0 Å². The van der Waals surface area contributed by atoms with Gasteiger partial charge in [0, 0.05) is 16.4 Å². The number of rotatable bonds is 4. The van der Waals surface area contributed by atoms with Crippen molar-refractivity contribution in [1.82, 2.24) is 9.97 Å². The normalized spacial score (nSPS) is 10.9. The maximum Gasteiger partial charge on any atom is 0.138 e. The number of fused-ring (bicyclic) bond motifs is 1. The van der Waals surface area contributed by atoms with Gasteiger partial charge in [-0.2, -0.15) is 0 Å². The first-order valence-corrected chi connectivity index (χ1v) is 8.77. The lowest BCUT2D eigenvalue weighted by Crippen LogP contribution is -2.01. The van der Waals surface area contributed by atoms with Crippen molar-refractivity contribution in [2.75, 3.05) is 5.32 Å². The van der Waals surface area contributed by atoms with Gasteiger partial charge in [-0.05, 0) is 29.3 Å². The third-order valence-corrected chi connectivity index (χ3v) is 5.06. The molecule has 3 nitrogen and oxygen atoms in total. The van der Waals surface area contributed by atoms with Crippen molar-refractivity contribution in [1.29, 1.82) is 0 Å². The first kappa shape index (κ1) is 15.1. The van der Waals surface area contributed by atoms with Gasteiger partial charge in [-0.1, -0.05) is 54.1 Å². The number of nitrogens with one attached hydrogen (secondary N) is 1. The summed E-state index contributed by atoms with van der Waals surface area (Å²) in [7, 11) is 0. The Bertz CT molecular complexity index is 982. The lowest BCUT2D eigenvalue weighted by atomic mass is 10.2. The summed E-state index contributed by atoms with van der Waals surface area (Å²) in [4.78, 5) is 11.0. The number of hydrogen-bond donors (Lipinski definition) is 1. The van der Waals surface area contributed by atoms with Gasteiger partial charge in [0.05, 0.1) is 5.39 Å². The van der Waals surface area contributed by atoms with E-state index in [1.54, 1.807) is 17.7 Å². The Labute approximate surface area is 149 Å². The molecule has 4 aromatic rings. The molecule has 118 valence electrons. The van der Waals surface area contributed by atoms with Crippen molar-refractivity contribution in [2.45, 2.75) is 6.54 Å². The molecular weight excluding hydrogens is 338 g/mol. The standard InChI is InChI=1S/C19H14ClN3S/c20-15-8-4-5-13(9-15)11-21-18-16-10-17(14-6-2-1-3-7-14)24-19(16)23-12-22-18/h1-10,12H,11H2,(H,21,22,23). The van der Waals surface area contributed by atoms with E-state index in [9.17, 15) is 0 Å². The maximum atomic E-state index is 6.04. The van der Waals surface area contributed by atoms with Crippen LogP contribution in [0.3, 0.4) is 0 Å². The predicted molar refractivity (Wildman–Crippen MR) is 102 cm³/mol. The van der Waals surface area contributed by atoms with Crippen LogP contribution >= 0.6 is 22.9 Å². The van der Waals surface area contributed by atoms with Gasteiger partial charge in [-0.25, -0.2) is 9.97 Å². The molecule has 1 N–H and O–H groups in total. The molecular formula is C19H14ClN3S. The van der Waals surface area contributed by atoms with Crippen molar-refractivity contribution in [2.24, 2.45) is 0 Å². The van der Waals surface area contributed by atoms with E-state index in [0.29, 0.717) is 6.54 Å². The average molecular weight is 352 g/mol. The summed E-state index contributed by atoms with van der Waals surface area (Å²) in [6.45, 7) is 0.670. The summed E-state index contributed by atoms with van der Waals surface area (Å²) in [6, 6.07) is 20.3. The Kier molecular flexibility index (Phi) is 4.15. The van der Waals surface area contributed by atoms with Crippen LogP contribution in [-0.2, 0) is 6.54 Å². The van der Waals surface area contributed by atoms with E-state index in [0.717, 1.165) is 26.6 Å². The summed E-state index contributed by atoms with van der Waals surface area (Å²) < 4.78 is 0. The van der Waals surface area contributed by atoms with Crippen molar-refractivity contribution in [3.05, 3.63) is 77.6 Å². The maximum absolute atomic E-state index is 6.04. The Hall–Kier alpha value is -2.43. The minimum absolute atomic E-state index is 0.670. The van der Waals surface area contributed by atoms with E-state index in [4.69, 9.17) is 11.6 Å². The molecule has 0 bridgehead atoms. The second-order valence-corrected chi connectivity index (χ2v) is 6.87. The summed E-state index contributed by atoms with van der Waals surface area (Å²) in [6.07, 6.45) is 1.61. The molecule has 0 aliphatic rings. The van der Waals surface area contributed by atoms with Crippen LogP contribution in [0, 0.1) is 0 Å². The molecule has 0 fully saturated rings. The van der Waals surface area contributed by atoms with Crippen LogP contribution in [0.2, 0.25) is 5.02 Å². The summed E-state index contributed by atoms with van der Waals surface area (Å²) >= 11 is 7.72. The Morgan fingerprint density at radius 1 is 0.958 bits per heavy atom. The number of aromatic nitrogens is 2. The van der Waals surface area contributed by atoms with Gasteiger partial charge in [0.15, 0.2) is 0 Å². The van der Waals surface area contributed by atoms with E-state index < -0.39 is 0 Å². The van der Waals surface area contributed by atoms with E-state index in [1.807, 2.05) is 42.5 Å². The van der Waals surface area contributed by atoms with Crippen LogP contribution in [0.4, 0.5) is 5.82 Å². The molecule has 0 amide bonds. The van der Waals surface area contributed by atoms with E-state index in [1.165, 1.54) is 10.4 Å². The Balaban J connectivity index is 1.65. The SMILES string of the molecule is Clc1cccc(CNc2ncnc3sc(-c4ccccc4)cc23)c1. The fourth-order valence-corrected chi connectivity index (χ4v) is 3.79. The predicted octanol–water partition coefficient (Wildman–Crippen LogP) is 5.62. The number of nitrogens with zero attached hydrogens (tertiary/aromatic N) is 2. The molecule has 0 saturated heterocycles. The largest absolute Gasteiger partial charge is 0.365 e. The van der Waals surface area contributed by atoms with Crippen LogP contribution < -0.4 is 5.32 Å². The van der Waals surface area contributed by atoms with Gasteiger partial charge in [-0.3, -0.25) is 0 Å². The Morgan fingerprint density at radius 3 is 2.67 bits per heavy atom. The van der Waals surface area contributed by atoms with E-state index >= 15 is 0 Å². The fourth-order valence-electron chi connectivity index (χ4n) is 2.57. The van der Waals surface area contributed by atoms with Gasteiger partial charge in [-0.15, -0.1) is 11.3 Å². The quantitative estimate of drug-likeness (QED) is 0.518. The van der Waals surface area contributed by atoms with E-state index in [2.05, 4.69) is 33.5 Å². The van der Waals surface area contributed by atoms with Crippen LogP contribution in [0.5, 0.6) is 0 Å². The summed E-state index contributed by atoms with van der Waals surface area (Å²) in [5, 5.41) is 5.18. The molecule has 0 aliphatic heterocycles. The zero-order valence-corrected chi connectivity index (χ0v) is 14.3. The smallest absolute Gasteiger partial charge is 0.138 e. The highest BCUT2D eigenvalue weighted by Crippen LogP contribution is 2.34. The van der Waals surface area contributed by atoms with Crippen LogP contribution in [-0.4, -0.2) is 9.97 Å². The number of hydrogen-bond acceptors (Lipinski definition) is 4. The summed E-state index contributed by atoms with van der Waals surface area (Å²) in [5.41, 5.74) is 2.31. The summed E-state index contributed by atoms with van der Waals surface area (Å²) in [5.74, 6) is 0.846. The zero-order chi connectivity index (χ0) is 16.4. The zero-order valence-electron chi connectivity index (χ0n) is 12.7. The monoisotopic (exact) mass is 351 g/mol. The highest BCUT2D eigenvalue weighted by Gasteiger charge is 2.10. The molecule has 0 saturated carbocycles. The average Bonchev–Trinajstić information content (AvgIpc) is 3.06. The topological polar surface area (TPSA) is 37.8 Å². The molecule has 2 heterocycles. The van der Waals surface area contributed by atoms with Gasteiger partial charge in [0.2, 0.25) is 0 Å². The minimum atomic E-state index is 0.670. The lowest BCUT2D eigenvalue weighted by molar-refractivity contribution is 1.11. The first-order valence-electron chi connectivity index (χ1n) is 7.58. The van der Waals surface area contributed by atoms with Crippen LogP contribution in [0.25, 0.3) is 20.7 Å². The molecule has 0 aliphatic carbocycles. The number of anilines is 1. The highest BCUT2D eigenvalue weighted by atomic mass is 35.5. The second kappa shape index (κ2) is 6.59. The third-order valence-electron chi connectivity index (χ3n) is 3.74. The van der Waals surface area contributed by atoms with Crippen molar-refractivity contribution >= 4 is 39.0 Å². The third kappa shape index (κ3) is 3.11. The highest BCUT2D eigenvalue weighted by molar-refractivity contribution is 7.21. The van der Waals surface area contributed by atoms with Gasteiger partial charge in [0.1, 0.15) is 17.0 Å². The van der Waals surface area contributed by atoms with Crippen LogP contribution in [0.1, 0.15) is 5.56 Å². The molecule has 0 atom stereocenters. The Morgan fingerprint density at radius 2 is 1.83 bits per heavy atom. The molecule has 4 rings (SSSR count). The van der Waals surface area contributed by atoms with Crippen molar-refractivity contribution in [3.8, 4) is 10.4 Å². The molecule has 0 unspecified atom stereocenters. The lowest BCUT2D eigenvalue weighted by Gasteiger charge is -2.06. The molecule has 5 heteroatoms. The van der Waals surface area contributed by atoms with Crippen molar-refractivity contribution in [3.63, 3.8) is 0 Å². The van der Waals surface area contributed by atoms with Gasteiger partial charge >= 0.3 is 0 Å². The molecule has 24 heavy (non-hydrogen) atoms. The second-order valence-electron chi connectivity index (χ2n) is 5.40. The number of benzene rings is 2. The minimum Gasteiger partial charge on any atom is -0.365 e.